The molecular formula is C14H20N2. The van der Waals surface area contributed by atoms with Crippen molar-refractivity contribution in [2.24, 2.45) is 0 Å². The van der Waals surface area contributed by atoms with E-state index in [1.165, 1.54) is 36.2 Å². The van der Waals surface area contributed by atoms with Gasteiger partial charge in [-0.3, -0.25) is 4.98 Å². The van der Waals surface area contributed by atoms with Crippen molar-refractivity contribution < 1.29 is 0 Å². The monoisotopic (exact) mass is 216 g/mol. The lowest BCUT2D eigenvalue weighted by Crippen LogP contribution is -2.21. The highest BCUT2D eigenvalue weighted by Crippen LogP contribution is 2.34. The maximum absolute atomic E-state index is 4.79. The minimum atomic E-state index is 0.542. The van der Waals surface area contributed by atoms with Crippen molar-refractivity contribution in [1.29, 1.82) is 0 Å². The molecule has 86 valence electrons. The molecule has 0 bridgehead atoms. The van der Waals surface area contributed by atoms with Crippen molar-refractivity contribution in [3.63, 3.8) is 0 Å². The summed E-state index contributed by atoms with van der Waals surface area (Å²) in [7, 11) is 0. The first-order valence-electron chi connectivity index (χ1n) is 6.50. The molecule has 1 atom stereocenters. The average Bonchev–Trinajstić information content (AvgIpc) is 2.99. The molecule has 2 aliphatic carbocycles. The molecule has 1 N–H and O–H groups in total. The molecule has 1 unspecified atom stereocenters. The summed E-state index contributed by atoms with van der Waals surface area (Å²) in [6, 6.07) is 5.87. The molecule has 1 heterocycles. The van der Waals surface area contributed by atoms with E-state index < -0.39 is 0 Å². The second-order valence-corrected chi connectivity index (χ2v) is 5.46. The number of hydrogen-bond acceptors (Lipinski definition) is 2. The van der Waals surface area contributed by atoms with E-state index in [0.717, 1.165) is 12.5 Å². The quantitative estimate of drug-likeness (QED) is 0.840. The molecule has 1 fully saturated rings. The standard InChI is InChI=1S/C14H20N2/c1-9(2)12-6-5-11-13(15-10-3-4-10)7-8-14(11)16-12/h5-6,9-10,13,15H,3-4,7-8H2,1-2H3. The number of fused-ring (bicyclic) bond motifs is 1. The zero-order chi connectivity index (χ0) is 11.1. The van der Waals surface area contributed by atoms with Crippen molar-refractivity contribution in [3.05, 3.63) is 29.1 Å². The Morgan fingerprint density at radius 3 is 2.75 bits per heavy atom. The molecule has 0 saturated heterocycles. The van der Waals surface area contributed by atoms with Crippen molar-refractivity contribution in [1.82, 2.24) is 10.3 Å². The van der Waals surface area contributed by atoms with Gasteiger partial charge in [-0.25, -0.2) is 0 Å². The molecule has 0 spiro atoms. The molecule has 0 aliphatic heterocycles. The predicted octanol–water partition coefficient (Wildman–Crippen LogP) is 2.94. The Morgan fingerprint density at radius 1 is 1.25 bits per heavy atom. The van der Waals surface area contributed by atoms with Gasteiger partial charge in [0.1, 0.15) is 0 Å². The SMILES string of the molecule is CC(C)c1ccc2c(n1)CCC2NC1CC1. The van der Waals surface area contributed by atoms with Crippen LogP contribution < -0.4 is 5.32 Å². The van der Waals surface area contributed by atoms with Crippen molar-refractivity contribution in [2.75, 3.05) is 0 Å². The molecule has 2 nitrogen and oxygen atoms in total. The Kier molecular flexibility index (Phi) is 2.47. The lowest BCUT2D eigenvalue weighted by atomic mass is 10.1. The third-order valence-corrected chi connectivity index (χ3v) is 3.68. The molecule has 3 rings (SSSR count). The number of rotatable bonds is 3. The summed E-state index contributed by atoms with van der Waals surface area (Å²) in [5.41, 5.74) is 4.03. The van der Waals surface area contributed by atoms with E-state index in [2.05, 4.69) is 31.3 Å². The van der Waals surface area contributed by atoms with E-state index in [4.69, 9.17) is 4.98 Å². The van der Waals surface area contributed by atoms with Crippen molar-refractivity contribution >= 4 is 0 Å². The van der Waals surface area contributed by atoms with Gasteiger partial charge in [-0.2, -0.15) is 0 Å². The second-order valence-electron chi connectivity index (χ2n) is 5.46. The van der Waals surface area contributed by atoms with E-state index >= 15 is 0 Å². The molecule has 1 aromatic heterocycles. The lowest BCUT2D eigenvalue weighted by Gasteiger charge is -2.13. The van der Waals surface area contributed by atoms with Gasteiger partial charge in [0.05, 0.1) is 0 Å². The maximum Gasteiger partial charge on any atom is 0.0455 e. The minimum absolute atomic E-state index is 0.542. The lowest BCUT2D eigenvalue weighted by molar-refractivity contribution is 0.527. The third-order valence-electron chi connectivity index (χ3n) is 3.68. The van der Waals surface area contributed by atoms with Gasteiger partial charge in [0, 0.05) is 23.5 Å². The maximum atomic E-state index is 4.79. The van der Waals surface area contributed by atoms with Gasteiger partial charge in [0.2, 0.25) is 0 Å². The Balaban J connectivity index is 1.83. The van der Waals surface area contributed by atoms with E-state index in [1.807, 2.05) is 0 Å². The summed E-state index contributed by atoms with van der Waals surface area (Å²) in [6.07, 6.45) is 5.12. The van der Waals surface area contributed by atoms with Crippen LogP contribution in [0.2, 0.25) is 0 Å². The number of hydrogen-bond donors (Lipinski definition) is 1. The fourth-order valence-electron chi connectivity index (χ4n) is 2.51. The van der Waals surface area contributed by atoms with Crippen LogP contribution in [0.25, 0.3) is 0 Å². The van der Waals surface area contributed by atoms with Crippen LogP contribution in [0.15, 0.2) is 12.1 Å². The van der Waals surface area contributed by atoms with Crippen LogP contribution in [0, 0.1) is 0 Å². The average molecular weight is 216 g/mol. The van der Waals surface area contributed by atoms with Crippen LogP contribution in [0.1, 0.15) is 62.0 Å². The number of nitrogens with zero attached hydrogens (tertiary/aromatic N) is 1. The minimum Gasteiger partial charge on any atom is -0.307 e. The van der Waals surface area contributed by atoms with Gasteiger partial charge >= 0.3 is 0 Å². The van der Waals surface area contributed by atoms with E-state index in [-0.39, 0.29) is 0 Å². The first-order chi connectivity index (χ1) is 7.74. The van der Waals surface area contributed by atoms with Crippen LogP contribution in [0.3, 0.4) is 0 Å². The normalized spacial score (nSPS) is 23.8. The van der Waals surface area contributed by atoms with Gasteiger partial charge in [0.25, 0.3) is 0 Å². The fraction of sp³-hybridized carbons (Fsp3) is 0.643. The Labute approximate surface area is 97.5 Å². The summed E-state index contributed by atoms with van der Waals surface area (Å²) in [5, 5.41) is 3.72. The Hall–Kier alpha value is -0.890. The van der Waals surface area contributed by atoms with Crippen LogP contribution in [0.5, 0.6) is 0 Å². The number of nitrogens with one attached hydrogen (secondary N) is 1. The van der Waals surface area contributed by atoms with Gasteiger partial charge in [0.15, 0.2) is 0 Å². The molecule has 2 heteroatoms. The Morgan fingerprint density at radius 2 is 2.06 bits per heavy atom. The Bertz CT molecular complexity index is 394. The van der Waals surface area contributed by atoms with E-state index in [1.54, 1.807) is 0 Å². The van der Waals surface area contributed by atoms with Gasteiger partial charge in [-0.1, -0.05) is 19.9 Å². The third kappa shape index (κ3) is 1.86. The highest BCUT2D eigenvalue weighted by atomic mass is 15.0. The molecule has 2 aliphatic rings. The summed E-state index contributed by atoms with van der Waals surface area (Å²) >= 11 is 0. The fourth-order valence-corrected chi connectivity index (χ4v) is 2.51. The largest absolute Gasteiger partial charge is 0.307 e. The van der Waals surface area contributed by atoms with Crippen LogP contribution >= 0.6 is 0 Å². The number of aryl methyl sites for hydroxylation is 1. The second kappa shape index (κ2) is 3.85. The molecule has 1 saturated carbocycles. The summed E-state index contributed by atoms with van der Waals surface area (Å²) in [6.45, 7) is 4.42. The predicted molar refractivity (Wildman–Crippen MR) is 65.5 cm³/mol. The molecular weight excluding hydrogens is 196 g/mol. The topological polar surface area (TPSA) is 24.9 Å². The molecule has 16 heavy (non-hydrogen) atoms. The van der Waals surface area contributed by atoms with E-state index in [9.17, 15) is 0 Å². The number of aromatic nitrogens is 1. The zero-order valence-corrected chi connectivity index (χ0v) is 10.2. The van der Waals surface area contributed by atoms with E-state index in [0.29, 0.717) is 12.0 Å². The van der Waals surface area contributed by atoms with Gasteiger partial charge in [-0.15, -0.1) is 0 Å². The first-order valence-corrected chi connectivity index (χ1v) is 6.50. The van der Waals surface area contributed by atoms with Crippen molar-refractivity contribution in [2.45, 2.75) is 57.5 Å². The molecule has 1 aromatic rings. The molecule has 0 radical (unpaired) electrons. The van der Waals surface area contributed by atoms with Gasteiger partial charge < -0.3 is 5.32 Å². The number of pyridine rings is 1. The van der Waals surface area contributed by atoms with Crippen LogP contribution in [0.4, 0.5) is 0 Å². The smallest absolute Gasteiger partial charge is 0.0455 e. The van der Waals surface area contributed by atoms with Crippen molar-refractivity contribution in [3.8, 4) is 0 Å². The summed E-state index contributed by atoms with van der Waals surface area (Å²) < 4.78 is 0. The highest BCUT2D eigenvalue weighted by Gasteiger charge is 2.30. The zero-order valence-electron chi connectivity index (χ0n) is 10.2. The highest BCUT2D eigenvalue weighted by molar-refractivity contribution is 5.31. The van der Waals surface area contributed by atoms with Crippen LogP contribution in [-0.4, -0.2) is 11.0 Å². The summed E-state index contributed by atoms with van der Waals surface area (Å²) in [5.74, 6) is 0.542. The first kappa shape index (κ1) is 10.3. The van der Waals surface area contributed by atoms with Gasteiger partial charge in [-0.05, 0) is 43.2 Å². The molecule has 0 amide bonds. The molecule has 0 aromatic carbocycles. The summed E-state index contributed by atoms with van der Waals surface area (Å²) in [4.78, 5) is 4.79. The van der Waals surface area contributed by atoms with Crippen LogP contribution in [-0.2, 0) is 6.42 Å².